The predicted octanol–water partition coefficient (Wildman–Crippen LogP) is 3.51. The van der Waals surface area contributed by atoms with E-state index in [1.165, 1.54) is 22.2 Å². The molecule has 7 heteroatoms. The molecule has 1 aliphatic heterocycles. The molecule has 2 aromatic heterocycles. The lowest BCUT2D eigenvalue weighted by Gasteiger charge is -2.30. The highest BCUT2D eigenvalue weighted by atomic mass is 32.1. The van der Waals surface area contributed by atoms with Gasteiger partial charge in [-0.05, 0) is 31.4 Å². The summed E-state index contributed by atoms with van der Waals surface area (Å²) in [6, 6.07) is 10.5. The Morgan fingerprint density at radius 2 is 2.00 bits per heavy atom. The number of aromatic nitrogens is 2. The minimum Gasteiger partial charge on any atom is -0.369 e. The number of nitrogens with zero attached hydrogens (tertiary/aromatic N) is 3. The Kier molecular flexibility index (Phi) is 5.17. The Balaban J connectivity index is 1.58. The molecular formula is C21H24N4O2S. The van der Waals surface area contributed by atoms with Gasteiger partial charge in [0, 0.05) is 41.8 Å². The van der Waals surface area contributed by atoms with Crippen LogP contribution < -0.4 is 5.73 Å². The SMILES string of the molecule is CCCn1c(-c2nc(C(=O)N3CCC(C(N)=O)CC3)cs2)cc2ccccc21. The minimum absolute atomic E-state index is 0.0661. The zero-order valence-electron chi connectivity index (χ0n) is 15.9. The number of carbonyl (C=O) groups excluding carboxylic acids is 2. The van der Waals surface area contributed by atoms with E-state index >= 15 is 0 Å². The van der Waals surface area contributed by atoms with Gasteiger partial charge in [0.15, 0.2) is 0 Å². The van der Waals surface area contributed by atoms with E-state index in [2.05, 4.69) is 34.7 Å². The summed E-state index contributed by atoms with van der Waals surface area (Å²) in [6.07, 6.45) is 2.28. The first-order valence-corrected chi connectivity index (χ1v) is 10.6. The molecule has 4 rings (SSSR count). The molecule has 2 amide bonds. The Bertz CT molecular complexity index is 1010. The highest BCUT2D eigenvalue weighted by molar-refractivity contribution is 7.13. The van der Waals surface area contributed by atoms with Gasteiger partial charge in [0.1, 0.15) is 10.7 Å². The number of primary amides is 1. The van der Waals surface area contributed by atoms with E-state index in [1.807, 2.05) is 17.5 Å². The third-order valence-electron chi connectivity index (χ3n) is 5.38. The topological polar surface area (TPSA) is 81.2 Å². The summed E-state index contributed by atoms with van der Waals surface area (Å²) in [6.45, 7) is 4.17. The summed E-state index contributed by atoms with van der Waals surface area (Å²) in [5.74, 6) is -0.463. The van der Waals surface area contributed by atoms with Crippen molar-refractivity contribution in [1.29, 1.82) is 0 Å². The van der Waals surface area contributed by atoms with Gasteiger partial charge < -0.3 is 15.2 Å². The fourth-order valence-corrected chi connectivity index (χ4v) is 4.69. The number of fused-ring (bicyclic) bond motifs is 1. The molecule has 0 aliphatic carbocycles. The molecule has 2 N–H and O–H groups in total. The molecule has 28 heavy (non-hydrogen) atoms. The maximum absolute atomic E-state index is 12.9. The van der Waals surface area contributed by atoms with Crippen molar-refractivity contribution >= 4 is 34.1 Å². The highest BCUT2D eigenvalue weighted by Gasteiger charge is 2.28. The molecule has 0 radical (unpaired) electrons. The van der Waals surface area contributed by atoms with Gasteiger partial charge in [0.05, 0.1) is 5.69 Å². The summed E-state index contributed by atoms with van der Waals surface area (Å²) in [7, 11) is 0. The molecule has 1 aromatic carbocycles. The van der Waals surface area contributed by atoms with Crippen LogP contribution in [0, 0.1) is 5.92 Å². The molecule has 3 aromatic rings. The number of piperidine rings is 1. The van der Waals surface area contributed by atoms with Crippen molar-refractivity contribution in [3.8, 4) is 10.7 Å². The third kappa shape index (κ3) is 3.42. The van der Waals surface area contributed by atoms with Crippen molar-refractivity contribution in [3.63, 3.8) is 0 Å². The van der Waals surface area contributed by atoms with Crippen molar-refractivity contribution in [3.05, 3.63) is 41.4 Å². The van der Waals surface area contributed by atoms with Crippen LogP contribution in [-0.2, 0) is 11.3 Å². The summed E-state index contributed by atoms with van der Waals surface area (Å²) in [5, 5.41) is 3.88. The van der Waals surface area contributed by atoms with Crippen LogP contribution in [0.2, 0.25) is 0 Å². The summed E-state index contributed by atoms with van der Waals surface area (Å²) in [4.78, 5) is 30.6. The molecule has 0 spiro atoms. The second-order valence-corrected chi connectivity index (χ2v) is 8.10. The molecule has 1 saturated heterocycles. The predicted molar refractivity (Wildman–Crippen MR) is 111 cm³/mol. The number of hydrogen-bond donors (Lipinski definition) is 1. The van der Waals surface area contributed by atoms with Gasteiger partial charge in [-0.2, -0.15) is 0 Å². The minimum atomic E-state index is -0.271. The van der Waals surface area contributed by atoms with E-state index < -0.39 is 0 Å². The van der Waals surface area contributed by atoms with E-state index in [0.717, 1.165) is 23.7 Å². The summed E-state index contributed by atoms with van der Waals surface area (Å²) >= 11 is 1.50. The molecule has 3 heterocycles. The van der Waals surface area contributed by atoms with Crippen LogP contribution in [0.25, 0.3) is 21.6 Å². The molecule has 1 aliphatic rings. The van der Waals surface area contributed by atoms with Gasteiger partial charge in [0.2, 0.25) is 5.91 Å². The van der Waals surface area contributed by atoms with Gasteiger partial charge >= 0.3 is 0 Å². The molecule has 0 atom stereocenters. The average Bonchev–Trinajstić information content (AvgIpc) is 3.33. The zero-order valence-corrected chi connectivity index (χ0v) is 16.7. The number of benzene rings is 1. The number of carbonyl (C=O) groups is 2. The standard InChI is InChI=1S/C21H24N4O2S/c1-2-9-25-17-6-4-3-5-15(17)12-18(25)20-23-16(13-28-20)21(27)24-10-7-14(8-11-24)19(22)26/h3-6,12-14H,2,7-11H2,1H3,(H2,22,26). The summed E-state index contributed by atoms with van der Waals surface area (Å²) in [5.41, 5.74) is 8.11. The van der Waals surface area contributed by atoms with E-state index in [0.29, 0.717) is 31.6 Å². The van der Waals surface area contributed by atoms with Gasteiger partial charge in [0.25, 0.3) is 5.91 Å². The van der Waals surface area contributed by atoms with Crippen LogP contribution in [0.3, 0.4) is 0 Å². The highest BCUT2D eigenvalue weighted by Crippen LogP contribution is 2.31. The first-order chi connectivity index (χ1) is 13.6. The fraction of sp³-hybridized carbons (Fsp3) is 0.381. The maximum Gasteiger partial charge on any atom is 0.273 e. The van der Waals surface area contributed by atoms with Crippen molar-refractivity contribution in [2.75, 3.05) is 13.1 Å². The van der Waals surface area contributed by atoms with Crippen molar-refractivity contribution in [2.45, 2.75) is 32.7 Å². The number of para-hydroxylation sites is 1. The Morgan fingerprint density at radius 1 is 1.25 bits per heavy atom. The van der Waals surface area contributed by atoms with Gasteiger partial charge in [-0.15, -0.1) is 11.3 Å². The number of nitrogens with two attached hydrogens (primary N) is 1. The molecule has 0 bridgehead atoms. The molecule has 146 valence electrons. The van der Waals surface area contributed by atoms with Crippen molar-refractivity contribution in [1.82, 2.24) is 14.5 Å². The number of thiazole rings is 1. The van der Waals surface area contributed by atoms with Crippen LogP contribution in [0.1, 0.15) is 36.7 Å². The lowest BCUT2D eigenvalue weighted by molar-refractivity contribution is -0.123. The summed E-state index contributed by atoms with van der Waals surface area (Å²) < 4.78 is 2.28. The van der Waals surface area contributed by atoms with Gasteiger partial charge in [-0.25, -0.2) is 4.98 Å². The molecule has 1 fully saturated rings. The number of amides is 2. The smallest absolute Gasteiger partial charge is 0.273 e. The van der Waals surface area contributed by atoms with Gasteiger partial charge in [-0.1, -0.05) is 25.1 Å². The second-order valence-electron chi connectivity index (χ2n) is 7.25. The second kappa shape index (κ2) is 7.75. The normalized spacial score (nSPS) is 15.2. The van der Waals surface area contributed by atoms with E-state index in [4.69, 9.17) is 5.73 Å². The number of rotatable bonds is 5. The lowest BCUT2D eigenvalue weighted by Crippen LogP contribution is -2.41. The van der Waals surface area contributed by atoms with Crippen LogP contribution in [0.5, 0.6) is 0 Å². The lowest BCUT2D eigenvalue weighted by atomic mass is 9.96. The fourth-order valence-electron chi connectivity index (χ4n) is 3.87. The largest absolute Gasteiger partial charge is 0.369 e. The number of aryl methyl sites for hydroxylation is 1. The average molecular weight is 397 g/mol. The first-order valence-electron chi connectivity index (χ1n) is 9.71. The van der Waals surface area contributed by atoms with E-state index in [-0.39, 0.29) is 17.7 Å². The molecule has 0 unspecified atom stereocenters. The maximum atomic E-state index is 12.9. The molecule has 6 nitrogen and oxygen atoms in total. The Labute approximate surface area is 168 Å². The zero-order chi connectivity index (χ0) is 19.7. The van der Waals surface area contributed by atoms with Crippen LogP contribution in [-0.4, -0.2) is 39.4 Å². The monoisotopic (exact) mass is 396 g/mol. The number of likely N-dealkylation sites (tertiary alicyclic amines) is 1. The van der Waals surface area contributed by atoms with Crippen LogP contribution in [0.4, 0.5) is 0 Å². The van der Waals surface area contributed by atoms with E-state index in [1.54, 1.807) is 4.90 Å². The van der Waals surface area contributed by atoms with E-state index in [9.17, 15) is 9.59 Å². The molecular weight excluding hydrogens is 372 g/mol. The first kappa shape index (κ1) is 18.7. The quantitative estimate of drug-likeness (QED) is 0.716. The van der Waals surface area contributed by atoms with Crippen molar-refractivity contribution < 1.29 is 9.59 Å². The van der Waals surface area contributed by atoms with Crippen LogP contribution >= 0.6 is 11.3 Å². The van der Waals surface area contributed by atoms with Gasteiger partial charge in [-0.3, -0.25) is 9.59 Å². The third-order valence-corrected chi connectivity index (χ3v) is 6.25. The number of hydrogen-bond acceptors (Lipinski definition) is 4. The van der Waals surface area contributed by atoms with Crippen molar-refractivity contribution in [2.24, 2.45) is 11.7 Å². The molecule has 0 saturated carbocycles. The Hall–Kier alpha value is -2.67. The Morgan fingerprint density at radius 3 is 2.71 bits per heavy atom. The van der Waals surface area contributed by atoms with Crippen LogP contribution in [0.15, 0.2) is 35.7 Å².